The van der Waals surface area contributed by atoms with E-state index < -0.39 is 15.9 Å². The molecule has 0 spiro atoms. The molecule has 0 aliphatic carbocycles. The fourth-order valence-corrected chi connectivity index (χ4v) is 2.85. The van der Waals surface area contributed by atoms with Gasteiger partial charge in [0, 0.05) is 5.69 Å². The number of hydrogen-bond acceptors (Lipinski definition) is 3. The molecule has 6 heteroatoms. The molecule has 2 aromatic carbocycles. The molecular weight excluding hydrogens is 300 g/mol. The molecule has 0 aromatic heterocycles. The van der Waals surface area contributed by atoms with E-state index in [4.69, 9.17) is 0 Å². The van der Waals surface area contributed by atoms with Gasteiger partial charge in [-0.05, 0) is 37.6 Å². The zero-order chi connectivity index (χ0) is 16.2. The minimum Gasteiger partial charge on any atom is -0.325 e. The van der Waals surface area contributed by atoms with Crippen LogP contribution in [0.3, 0.4) is 0 Å². The van der Waals surface area contributed by atoms with E-state index in [2.05, 4.69) is 10.0 Å². The van der Waals surface area contributed by atoms with Gasteiger partial charge in [-0.25, -0.2) is 13.1 Å². The van der Waals surface area contributed by atoms with Gasteiger partial charge in [0.1, 0.15) is 0 Å². The number of carbonyl (C=O) groups is 1. The molecule has 2 rings (SSSR count). The summed E-state index contributed by atoms with van der Waals surface area (Å²) in [4.78, 5) is 12.0. The number of nitrogens with one attached hydrogen (secondary N) is 2. The number of rotatable bonds is 5. The molecule has 2 aromatic rings. The molecular formula is C16H18N2O3S. The predicted molar refractivity (Wildman–Crippen MR) is 86.2 cm³/mol. The van der Waals surface area contributed by atoms with Crippen molar-refractivity contribution in [2.45, 2.75) is 18.7 Å². The summed E-state index contributed by atoms with van der Waals surface area (Å²) in [5.41, 5.74) is 2.55. The van der Waals surface area contributed by atoms with Gasteiger partial charge in [0.15, 0.2) is 0 Å². The van der Waals surface area contributed by atoms with Crippen LogP contribution in [0.2, 0.25) is 0 Å². The Morgan fingerprint density at radius 2 is 1.64 bits per heavy atom. The summed E-state index contributed by atoms with van der Waals surface area (Å²) in [6.45, 7) is 3.43. The van der Waals surface area contributed by atoms with Gasteiger partial charge in [-0.2, -0.15) is 0 Å². The van der Waals surface area contributed by atoms with Crippen molar-refractivity contribution < 1.29 is 13.2 Å². The first-order chi connectivity index (χ1) is 10.4. The second-order valence-corrected chi connectivity index (χ2v) is 6.77. The predicted octanol–water partition coefficient (Wildman–Crippen LogP) is 2.22. The SMILES string of the molecule is Cc1ccc(S(=O)(=O)NCC(=O)Nc2ccccc2C)cc1. The lowest BCUT2D eigenvalue weighted by Gasteiger charge is -2.09. The molecule has 0 bridgehead atoms. The highest BCUT2D eigenvalue weighted by Crippen LogP contribution is 2.13. The number of amides is 1. The molecule has 0 saturated carbocycles. The number of anilines is 1. The lowest BCUT2D eigenvalue weighted by Crippen LogP contribution is -2.33. The van der Waals surface area contributed by atoms with Crippen molar-refractivity contribution in [3.05, 3.63) is 59.7 Å². The Morgan fingerprint density at radius 1 is 1.00 bits per heavy atom. The highest BCUT2D eigenvalue weighted by atomic mass is 32.2. The number of para-hydroxylation sites is 1. The number of benzene rings is 2. The Balaban J connectivity index is 1.98. The van der Waals surface area contributed by atoms with Gasteiger partial charge in [-0.3, -0.25) is 4.79 Å². The molecule has 22 heavy (non-hydrogen) atoms. The van der Waals surface area contributed by atoms with Crippen molar-refractivity contribution in [1.82, 2.24) is 4.72 Å². The molecule has 1 amide bonds. The van der Waals surface area contributed by atoms with Crippen molar-refractivity contribution in [3.8, 4) is 0 Å². The van der Waals surface area contributed by atoms with Crippen LogP contribution in [0.15, 0.2) is 53.4 Å². The maximum Gasteiger partial charge on any atom is 0.241 e. The van der Waals surface area contributed by atoms with Crippen LogP contribution < -0.4 is 10.0 Å². The van der Waals surface area contributed by atoms with Crippen molar-refractivity contribution in [1.29, 1.82) is 0 Å². The standard InChI is InChI=1S/C16H18N2O3S/c1-12-7-9-14(10-8-12)22(20,21)17-11-16(19)18-15-6-4-3-5-13(15)2/h3-10,17H,11H2,1-2H3,(H,18,19). The first-order valence-corrected chi connectivity index (χ1v) is 8.28. The second kappa shape index (κ2) is 6.72. The maximum atomic E-state index is 12.1. The zero-order valence-electron chi connectivity index (χ0n) is 12.5. The van der Waals surface area contributed by atoms with Crippen molar-refractivity contribution in [2.75, 3.05) is 11.9 Å². The summed E-state index contributed by atoms with van der Waals surface area (Å²) in [5, 5.41) is 2.68. The third kappa shape index (κ3) is 4.16. The van der Waals surface area contributed by atoms with Crippen LogP contribution >= 0.6 is 0 Å². The highest BCUT2D eigenvalue weighted by Gasteiger charge is 2.15. The van der Waals surface area contributed by atoms with E-state index in [0.717, 1.165) is 11.1 Å². The first kappa shape index (κ1) is 16.2. The highest BCUT2D eigenvalue weighted by molar-refractivity contribution is 7.89. The smallest absolute Gasteiger partial charge is 0.241 e. The van der Waals surface area contributed by atoms with Gasteiger partial charge < -0.3 is 5.32 Å². The third-order valence-electron chi connectivity index (χ3n) is 3.17. The average Bonchev–Trinajstić information content (AvgIpc) is 2.48. The molecule has 0 unspecified atom stereocenters. The summed E-state index contributed by atoms with van der Waals surface area (Å²) in [7, 11) is -3.69. The van der Waals surface area contributed by atoms with E-state index in [0.29, 0.717) is 5.69 Å². The van der Waals surface area contributed by atoms with E-state index in [-0.39, 0.29) is 11.4 Å². The third-order valence-corrected chi connectivity index (χ3v) is 4.59. The Labute approximate surface area is 130 Å². The topological polar surface area (TPSA) is 75.3 Å². The molecule has 0 heterocycles. The first-order valence-electron chi connectivity index (χ1n) is 6.80. The molecule has 0 atom stereocenters. The monoisotopic (exact) mass is 318 g/mol. The zero-order valence-corrected chi connectivity index (χ0v) is 13.3. The summed E-state index contributed by atoms with van der Waals surface area (Å²) >= 11 is 0. The van der Waals surface area contributed by atoms with Crippen molar-refractivity contribution >= 4 is 21.6 Å². The van der Waals surface area contributed by atoms with E-state index in [1.807, 2.05) is 26.0 Å². The van der Waals surface area contributed by atoms with Crippen LogP contribution in [0.25, 0.3) is 0 Å². The normalized spacial score (nSPS) is 11.2. The number of sulfonamides is 1. The summed E-state index contributed by atoms with van der Waals surface area (Å²) in [6, 6.07) is 13.7. The van der Waals surface area contributed by atoms with Gasteiger partial charge in [-0.15, -0.1) is 0 Å². The number of carbonyl (C=O) groups excluding carboxylic acids is 1. The minimum atomic E-state index is -3.69. The molecule has 116 valence electrons. The van der Waals surface area contributed by atoms with Gasteiger partial charge in [0.2, 0.25) is 15.9 Å². The average molecular weight is 318 g/mol. The van der Waals surface area contributed by atoms with Crippen LogP contribution in [0, 0.1) is 13.8 Å². The van der Waals surface area contributed by atoms with Gasteiger partial charge in [-0.1, -0.05) is 35.9 Å². The van der Waals surface area contributed by atoms with Gasteiger partial charge >= 0.3 is 0 Å². The van der Waals surface area contributed by atoms with E-state index in [9.17, 15) is 13.2 Å². The lowest BCUT2D eigenvalue weighted by atomic mass is 10.2. The fraction of sp³-hybridized carbons (Fsp3) is 0.188. The minimum absolute atomic E-state index is 0.141. The summed E-state index contributed by atoms with van der Waals surface area (Å²) < 4.78 is 26.4. The molecule has 5 nitrogen and oxygen atoms in total. The molecule has 2 N–H and O–H groups in total. The summed E-state index contributed by atoms with van der Waals surface area (Å²) in [6.07, 6.45) is 0. The lowest BCUT2D eigenvalue weighted by molar-refractivity contribution is -0.115. The van der Waals surface area contributed by atoms with E-state index >= 15 is 0 Å². The Morgan fingerprint density at radius 3 is 2.27 bits per heavy atom. The number of hydrogen-bond donors (Lipinski definition) is 2. The molecule has 0 aliphatic rings. The summed E-state index contributed by atoms with van der Waals surface area (Å²) in [5.74, 6) is -0.412. The van der Waals surface area contributed by atoms with Crippen LogP contribution in [-0.2, 0) is 14.8 Å². The second-order valence-electron chi connectivity index (χ2n) is 5.00. The molecule has 0 saturated heterocycles. The Hall–Kier alpha value is -2.18. The molecule has 0 fully saturated rings. The van der Waals surface area contributed by atoms with Crippen molar-refractivity contribution in [2.24, 2.45) is 0 Å². The van der Waals surface area contributed by atoms with Crippen LogP contribution in [0.5, 0.6) is 0 Å². The molecule has 0 radical (unpaired) electrons. The van der Waals surface area contributed by atoms with Gasteiger partial charge in [0.05, 0.1) is 11.4 Å². The largest absolute Gasteiger partial charge is 0.325 e. The fourth-order valence-electron chi connectivity index (χ4n) is 1.87. The van der Waals surface area contributed by atoms with Crippen molar-refractivity contribution in [3.63, 3.8) is 0 Å². The molecule has 0 aliphatic heterocycles. The van der Waals surface area contributed by atoms with E-state index in [1.54, 1.807) is 24.3 Å². The van der Waals surface area contributed by atoms with E-state index in [1.165, 1.54) is 12.1 Å². The van der Waals surface area contributed by atoms with Crippen LogP contribution in [0.4, 0.5) is 5.69 Å². The quantitative estimate of drug-likeness (QED) is 0.887. The Kier molecular flexibility index (Phi) is 4.95. The van der Waals surface area contributed by atoms with Crippen LogP contribution in [-0.4, -0.2) is 20.9 Å². The van der Waals surface area contributed by atoms with Crippen LogP contribution in [0.1, 0.15) is 11.1 Å². The van der Waals surface area contributed by atoms with Gasteiger partial charge in [0.25, 0.3) is 0 Å². The number of aryl methyl sites for hydroxylation is 2. The maximum absolute atomic E-state index is 12.1. The Bertz CT molecular complexity index is 768.